The summed E-state index contributed by atoms with van der Waals surface area (Å²) in [6.45, 7) is 0.195. The summed E-state index contributed by atoms with van der Waals surface area (Å²) in [5.41, 5.74) is 4.02. The van der Waals surface area contributed by atoms with Crippen LogP contribution in [-0.2, 0) is 6.61 Å². The molecule has 0 unspecified atom stereocenters. The Hall–Kier alpha value is -3.89. The van der Waals surface area contributed by atoms with E-state index in [1.165, 1.54) is 0 Å². The summed E-state index contributed by atoms with van der Waals surface area (Å²) in [5, 5.41) is 15.9. The molecule has 5 aromatic rings. The maximum atomic E-state index is 11.5. The molecule has 2 N–H and O–H groups in total. The van der Waals surface area contributed by atoms with E-state index >= 15 is 0 Å². The van der Waals surface area contributed by atoms with Gasteiger partial charge in [0.05, 0.1) is 26.2 Å². The maximum Gasteiger partial charge on any atom is 0.335 e. The van der Waals surface area contributed by atoms with Crippen LogP contribution < -0.4 is 4.74 Å². The van der Waals surface area contributed by atoms with Crippen LogP contribution in [0, 0.1) is 11.8 Å². The summed E-state index contributed by atoms with van der Waals surface area (Å²) in [4.78, 5) is 14.5. The van der Waals surface area contributed by atoms with Gasteiger partial charge in [0, 0.05) is 45.8 Å². The number of fused-ring (bicyclic) bond motifs is 1. The van der Waals surface area contributed by atoms with Gasteiger partial charge in [-0.15, -0.1) is 0 Å². The van der Waals surface area contributed by atoms with Crippen molar-refractivity contribution in [3.8, 4) is 28.8 Å². The Balaban J connectivity index is 1.26. The van der Waals surface area contributed by atoms with E-state index in [9.17, 15) is 9.90 Å². The molecule has 0 radical (unpaired) electrons. The molecule has 1 aliphatic carbocycles. The number of benzene rings is 3. The fraction of sp³-hybridized carbons (Fsp3) is 0.133. The number of hydrogen-bond donors (Lipinski definition) is 2. The topological polar surface area (TPSA) is 88.3 Å². The molecule has 0 aliphatic heterocycles. The molecule has 6 nitrogen and oxygen atoms in total. The Morgan fingerprint density at radius 2 is 1.79 bits per heavy atom. The molecule has 0 saturated heterocycles. The summed E-state index contributed by atoms with van der Waals surface area (Å²) in [6.07, 6.45) is 3.80. The van der Waals surface area contributed by atoms with Gasteiger partial charge in [0.15, 0.2) is 0 Å². The smallest absolute Gasteiger partial charge is 0.335 e. The van der Waals surface area contributed by atoms with E-state index in [2.05, 4.69) is 22.0 Å². The van der Waals surface area contributed by atoms with E-state index in [0.717, 1.165) is 29.6 Å². The van der Waals surface area contributed by atoms with Gasteiger partial charge in [0.2, 0.25) is 0 Å². The number of hydrogen-bond acceptors (Lipinski definition) is 4. The van der Waals surface area contributed by atoms with E-state index in [4.69, 9.17) is 44.1 Å². The highest BCUT2D eigenvalue weighted by atomic mass is 35.5. The number of H-pyrrole nitrogens is 1. The summed E-state index contributed by atoms with van der Waals surface area (Å²) in [6, 6.07) is 15.5. The highest BCUT2D eigenvalue weighted by Crippen LogP contribution is 2.46. The molecule has 2 aromatic heterocycles. The molecule has 39 heavy (non-hydrogen) atoms. The minimum atomic E-state index is -1.02. The molecule has 0 amide bonds. The standard InChI is InChI=1S/C30H19Cl3N2O4/c31-23-2-1-3-24(32)27(23)28-22(29(39-35-28)17-5-6-17)15-38-20-9-8-16(25(33)14-20)4-7-18-12-19(30(36)37)13-26-21(18)10-11-34-26/h1-3,8-14,17,34H,5-6,15H2,(H,36,37). The molecule has 1 aliphatic rings. The summed E-state index contributed by atoms with van der Waals surface area (Å²) in [7, 11) is 0. The van der Waals surface area contributed by atoms with E-state index < -0.39 is 5.97 Å². The zero-order valence-corrected chi connectivity index (χ0v) is 22.5. The van der Waals surface area contributed by atoms with Crippen LogP contribution in [0.4, 0.5) is 0 Å². The van der Waals surface area contributed by atoms with Gasteiger partial charge in [-0.05, 0) is 55.3 Å². The number of aromatic nitrogens is 2. The van der Waals surface area contributed by atoms with Crippen molar-refractivity contribution in [1.82, 2.24) is 10.1 Å². The second-order valence-corrected chi connectivity index (χ2v) is 10.4. The molecule has 194 valence electrons. The molecule has 0 atom stereocenters. The first kappa shape index (κ1) is 25.4. The predicted octanol–water partition coefficient (Wildman–Crippen LogP) is 8.34. The zero-order valence-electron chi connectivity index (χ0n) is 20.2. The number of carboxylic acid groups (broad SMARTS) is 1. The van der Waals surface area contributed by atoms with E-state index in [0.29, 0.717) is 54.6 Å². The van der Waals surface area contributed by atoms with Gasteiger partial charge < -0.3 is 19.4 Å². The highest BCUT2D eigenvalue weighted by molar-refractivity contribution is 6.39. The first-order valence-electron chi connectivity index (χ1n) is 12.1. The molecule has 9 heteroatoms. The second-order valence-electron chi connectivity index (χ2n) is 9.19. The van der Waals surface area contributed by atoms with Gasteiger partial charge in [-0.2, -0.15) is 0 Å². The fourth-order valence-corrected chi connectivity index (χ4v) is 5.21. The van der Waals surface area contributed by atoms with Crippen molar-refractivity contribution >= 4 is 51.7 Å². The summed E-state index contributed by atoms with van der Waals surface area (Å²) < 4.78 is 11.8. The normalized spacial score (nSPS) is 12.8. The Labute approximate surface area is 238 Å². The highest BCUT2D eigenvalue weighted by Gasteiger charge is 2.33. The lowest BCUT2D eigenvalue weighted by molar-refractivity contribution is 0.0697. The number of aromatic amines is 1. The lowest BCUT2D eigenvalue weighted by Crippen LogP contribution is -2.00. The van der Waals surface area contributed by atoms with Crippen molar-refractivity contribution in [2.24, 2.45) is 0 Å². The Bertz CT molecular complexity index is 1790. The van der Waals surface area contributed by atoms with Crippen molar-refractivity contribution in [2.75, 3.05) is 0 Å². The Morgan fingerprint density at radius 3 is 2.51 bits per heavy atom. The van der Waals surface area contributed by atoms with Crippen LogP contribution in [0.2, 0.25) is 15.1 Å². The van der Waals surface area contributed by atoms with Crippen LogP contribution in [0.15, 0.2) is 65.3 Å². The van der Waals surface area contributed by atoms with Gasteiger partial charge in [-0.25, -0.2) is 4.79 Å². The number of aromatic carboxylic acids is 1. The maximum absolute atomic E-state index is 11.5. The number of rotatable bonds is 6. The molecule has 6 rings (SSSR count). The zero-order chi connectivity index (χ0) is 27.1. The quantitative estimate of drug-likeness (QED) is 0.198. The van der Waals surface area contributed by atoms with E-state index in [-0.39, 0.29) is 12.2 Å². The minimum Gasteiger partial charge on any atom is -0.489 e. The molecule has 3 aromatic carbocycles. The number of carbonyl (C=O) groups is 1. The molecular formula is C30H19Cl3N2O4. The van der Waals surface area contributed by atoms with Gasteiger partial charge in [-0.3, -0.25) is 0 Å². The van der Waals surface area contributed by atoms with Gasteiger partial charge in [-0.1, -0.05) is 57.9 Å². The number of nitrogens with zero attached hydrogens (tertiary/aromatic N) is 1. The lowest BCUT2D eigenvalue weighted by atomic mass is 10.0. The molecule has 0 spiro atoms. The van der Waals surface area contributed by atoms with E-state index in [1.54, 1.807) is 54.7 Å². The number of ether oxygens (including phenoxy) is 1. The molecular weight excluding hydrogens is 559 g/mol. The lowest BCUT2D eigenvalue weighted by Gasteiger charge is -2.10. The van der Waals surface area contributed by atoms with Crippen LogP contribution >= 0.6 is 34.8 Å². The van der Waals surface area contributed by atoms with E-state index in [1.807, 2.05) is 6.07 Å². The average molecular weight is 578 g/mol. The van der Waals surface area contributed by atoms with Crippen LogP contribution in [-0.4, -0.2) is 21.2 Å². The first-order valence-corrected chi connectivity index (χ1v) is 13.2. The van der Waals surface area contributed by atoms with Crippen molar-refractivity contribution in [1.29, 1.82) is 0 Å². The van der Waals surface area contributed by atoms with Crippen molar-refractivity contribution in [2.45, 2.75) is 25.4 Å². The fourth-order valence-electron chi connectivity index (χ4n) is 4.42. The SMILES string of the molecule is O=C(O)c1cc(C#Cc2ccc(OCc3c(-c4c(Cl)cccc4Cl)noc3C3CC3)cc2Cl)c2cc[nH]c2c1. The van der Waals surface area contributed by atoms with Crippen LogP contribution in [0.25, 0.3) is 22.2 Å². The minimum absolute atomic E-state index is 0.154. The van der Waals surface area contributed by atoms with Crippen molar-refractivity contribution < 1.29 is 19.2 Å². The second kappa shape index (κ2) is 10.3. The number of halogens is 3. The molecule has 2 heterocycles. The third-order valence-electron chi connectivity index (χ3n) is 6.54. The number of carboxylic acids is 1. The van der Waals surface area contributed by atoms with Crippen LogP contribution in [0.5, 0.6) is 5.75 Å². The van der Waals surface area contributed by atoms with Crippen molar-refractivity contribution in [3.63, 3.8) is 0 Å². The Kier molecular flexibility index (Phi) is 6.74. The van der Waals surface area contributed by atoms with Crippen LogP contribution in [0.3, 0.4) is 0 Å². The van der Waals surface area contributed by atoms with Crippen molar-refractivity contribution in [3.05, 3.63) is 104 Å². The molecule has 1 fully saturated rings. The van der Waals surface area contributed by atoms with Gasteiger partial charge in [0.25, 0.3) is 0 Å². The third kappa shape index (κ3) is 5.09. The Morgan fingerprint density at radius 1 is 1.03 bits per heavy atom. The monoisotopic (exact) mass is 576 g/mol. The largest absolute Gasteiger partial charge is 0.489 e. The van der Waals surface area contributed by atoms with Gasteiger partial charge in [0.1, 0.15) is 23.8 Å². The first-order chi connectivity index (χ1) is 18.9. The van der Waals surface area contributed by atoms with Gasteiger partial charge >= 0.3 is 5.97 Å². The summed E-state index contributed by atoms with van der Waals surface area (Å²) >= 11 is 19.4. The molecule has 1 saturated carbocycles. The number of nitrogens with one attached hydrogen (secondary N) is 1. The summed E-state index contributed by atoms with van der Waals surface area (Å²) in [5.74, 6) is 6.73. The van der Waals surface area contributed by atoms with Crippen LogP contribution in [0.1, 0.15) is 51.6 Å². The predicted molar refractivity (Wildman–Crippen MR) is 151 cm³/mol. The third-order valence-corrected chi connectivity index (χ3v) is 7.48. The molecule has 0 bridgehead atoms. The average Bonchev–Trinajstić information content (AvgIpc) is 3.49.